The molecular weight excluding hydrogens is 435 g/mol. The number of halogens is 2. The highest BCUT2D eigenvalue weighted by molar-refractivity contribution is 6.46. The first-order valence-corrected chi connectivity index (χ1v) is 10.0. The Labute approximate surface area is 188 Å². The molecule has 0 radical (unpaired) electrons. The van der Waals surface area contributed by atoms with E-state index in [1.54, 1.807) is 36.7 Å². The molecule has 8 heteroatoms. The van der Waals surface area contributed by atoms with Gasteiger partial charge in [0.25, 0.3) is 11.7 Å². The van der Waals surface area contributed by atoms with Crippen LogP contribution in [0.25, 0.3) is 5.76 Å². The van der Waals surface area contributed by atoms with Gasteiger partial charge in [0.2, 0.25) is 0 Å². The Hall–Kier alpha value is -3.71. The molecule has 1 aliphatic heterocycles. The van der Waals surface area contributed by atoms with Crippen molar-refractivity contribution in [2.24, 2.45) is 0 Å². The lowest BCUT2D eigenvalue weighted by Gasteiger charge is -2.25. The zero-order valence-electron chi connectivity index (χ0n) is 17.0. The summed E-state index contributed by atoms with van der Waals surface area (Å²) < 4.78 is 19.2. The number of hydrogen-bond donors (Lipinski definition) is 1. The van der Waals surface area contributed by atoms with E-state index in [0.717, 1.165) is 0 Å². The Morgan fingerprint density at radius 1 is 1.19 bits per heavy atom. The number of aromatic nitrogens is 1. The van der Waals surface area contributed by atoms with Crippen molar-refractivity contribution in [2.75, 3.05) is 7.11 Å². The summed E-state index contributed by atoms with van der Waals surface area (Å²) in [6, 6.07) is 12.6. The summed E-state index contributed by atoms with van der Waals surface area (Å²) >= 11 is 6.18. The standard InChI is InChI=1S/C24H18ClFN2O4/c1-32-19-8-7-16(11-18(19)25)22(29)20-21(15-5-2-6-17(26)10-15)28(24(31)23(20)30)13-14-4-3-9-27-12-14/h2-12,21,29H,13H2,1H3. The number of amides is 1. The summed E-state index contributed by atoms with van der Waals surface area (Å²) in [5.74, 6) is -2.21. The monoisotopic (exact) mass is 452 g/mol. The number of ether oxygens (including phenoxy) is 1. The number of rotatable bonds is 5. The quantitative estimate of drug-likeness (QED) is 0.350. The number of methoxy groups -OCH3 is 1. The first-order valence-electron chi connectivity index (χ1n) is 9.67. The van der Waals surface area contributed by atoms with Gasteiger partial charge in [-0.15, -0.1) is 0 Å². The van der Waals surface area contributed by atoms with Crippen molar-refractivity contribution in [3.8, 4) is 5.75 Å². The van der Waals surface area contributed by atoms with Crippen LogP contribution in [0.15, 0.2) is 72.6 Å². The van der Waals surface area contributed by atoms with Gasteiger partial charge in [-0.3, -0.25) is 14.6 Å². The third kappa shape index (κ3) is 3.94. The van der Waals surface area contributed by atoms with Crippen LogP contribution in [-0.4, -0.2) is 33.8 Å². The molecule has 1 fully saturated rings. The minimum atomic E-state index is -0.994. The second-order valence-corrected chi connectivity index (χ2v) is 7.60. The van der Waals surface area contributed by atoms with Crippen molar-refractivity contribution in [1.82, 2.24) is 9.88 Å². The molecule has 1 atom stereocenters. The molecule has 0 bridgehead atoms. The number of nitrogens with zero attached hydrogens (tertiary/aromatic N) is 2. The Morgan fingerprint density at radius 2 is 2.00 bits per heavy atom. The predicted octanol–water partition coefficient (Wildman–Crippen LogP) is 4.50. The molecule has 1 amide bonds. The zero-order chi connectivity index (χ0) is 22.8. The first-order chi connectivity index (χ1) is 15.4. The van der Waals surface area contributed by atoms with Gasteiger partial charge in [-0.05, 0) is 47.5 Å². The molecule has 32 heavy (non-hydrogen) atoms. The van der Waals surface area contributed by atoms with Gasteiger partial charge in [-0.1, -0.05) is 29.8 Å². The van der Waals surface area contributed by atoms with Gasteiger partial charge in [0.15, 0.2) is 0 Å². The number of aliphatic hydroxyl groups excluding tert-OH is 1. The number of pyridine rings is 1. The van der Waals surface area contributed by atoms with Crippen molar-refractivity contribution in [3.63, 3.8) is 0 Å². The molecule has 0 aliphatic carbocycles. The van der Waals surface area contributed by atoms with Crippen LogP contribution in [-0.2, 0) is 16.1 Å². The number of carbonyl (C=O) groups is 2. The van der Waals surface area contributed by atoms with Gasteiger partial charge < -0.3 is 14.7 Å². The Bertz CT molecular complexity index is 1230. The van der Waals surface area contributed by atoms with E-state index in [1.165, 1.54) is 42.3 Å². The number of carbonyl (C=O) groups excluding carboxylic acids is 2. The maximum atomic E-state index is 14.0. The van der Waals surface area contributed by atoms with E-state index in [0.29, 0.717) is 16.9 Å². The molecule has 1 saturated heterocycles. The van der Waals surface area contributed by atoms with E-state index in [9.17, 15) is 19.1 Å². The summed E-state index contributed by atoms with van der Waals surface area (Å²) in [7, 11) is 1.45. The molecular formula is C24H18ClFN2O4. The van der Waals surface area contributed by atoms with Crippen LogP contribution < -0.4 is 4.74 Å². The van der Waals surface area contributed by atoms with Crippen LogP contribution >= 0.6 is 11.6 Å². The van der Waals surface area contributed by atoms with Gasteiger partial charge in [0.05, 0.1) is 23.7 Å². The normalized spacial score (nSPS) is 17.6. The second-order valence-electron chi connectivity index (χ2n) is 7.19. The van der Waals surface area contributed by atoms with Crippen LogP contribution in [0.1, 0.15) is 22.7 Å². The number of hydrogen-bond acceptors (Lipinski definition) is 5. The minimum Gasteiger partial charge on any atom is -0.507 e. The third-order valence-corrected chi connectivity index (χ3v) is 5.50. The molecule has 162 valence electrons. The van der Waals surface area contributed by atoms with Crippen LogP contribution in [0.2, 0.25) is 5.02 Å². The topological polar surface area (TPSA) is 79.7 Å². The van der Waals surface area contributed by atoms with E-state index in [-0.39, 0.29) is 22.7 Å². The van der Waals surface area contributed by atoms with E-state index in [1.807, 2.05) is 0 Å². The highest BCUT2D eigenvalue weighted by Gasteiger charge is 2.46. The number of benzene rings is 2. The van der Waals surface area contributed by atoms with E-state index in [2.05, 4.69) is 4.98 Å². The number of likely N-dealkylation sites (tertiary alicyclic amines) is 1. The number of Topliss-reactive ketones (excluding diaryl/α,β-unsaturated/α-hetero) is 1. The number of ketones is 1. The first kappa shape index (κ1) is 21.5. The molecule has 1 aliphatic rings. The summed E-state index contributed by atoms with van der Waals surface area (Å²) in [5, 5.41) is 11.3. The van der Waals surface area contributed by atoms with E-state index < -0.39 is 29.3 Å². The molecule has 0 saturated carbocycles. The van der Waals surface area contributed by atoms with Crippen LogP contribution in [0.4, 0.5) is 4.39 Å². The summed E-state index contributed by atoms with van der Waals surface area (Å²) in [4.78, 5) is 31.3. The maximum absolute atomic E-state index is 14.0. The van der Waals surface area contributed by atoms with Crippen LogP contribution in [0, 0.1) is 5.82 Å². The van der Waals surface area contributed by atoms with Crippen molar-refractivity contribution in [3.05, 3.63) is 100 Å². The zero-order valence-corrected chi connectivity index (χ0v) is 17.7. The van der Waals surface area contributed by atoms with Gasteiger partial charge in [0.1, 0.15) is 17.3 Å². The summed E-state index contributed by atoms with van der Waals surface area (Å²) in [6.07, 6.45) is 3.17. The van der Waals surface area contributed by atoms with E-state index >= 15 is 0 Å². The van der Waals surface area contributed by atoms with Crippen LogP contribution in [0.3, 0.4) is 0 Å². The highest BCUT2D eigenvalue weighted by Crippen LogP contribution is 2.41. The fourth-order valence-electron chi connectivity index (χ4n) is 3.72. The van der Waals surface area contributed by atoms with Crippen molar-refractivity contribution in [2.45, 2.75) is 12.6 Å². The Kier molecular flexibility index (Phi) is 5.92. The van der Waals surface area contributed by atoms with E-state index in [4.69, 9.17) is 16.3 Å². The Balaban J connectivity index is 1.87. The lowest BCUT2D eigenvalue weighted by Crippen LogP contribution is -2.29. The second kappa shape index (κ2) is 8.80. The predicted molar refractivity (Wildman–Crippen MR) is 116 cm³/mol. The smallest absolute Gasteiger partial charge is 0.295 e. The van der Waals surface area contributed by atoms with Crippen LogP contribution in [0.5, 0.6) is 5.75 Å². The number of aliphatic hydroxyl groups is 1. The lowest BCUT2D eigenvalue weighted by molar-refractivity contribution is -0.140. The average Bonchev–Trinajstić information content (AvgIpc) is 3.04. The molecule has 6 nitrogen and oxygen atoms in total. The molecule has 3 aromatic rings. The Morgan fingerprint density at radius 3 is 2.66 bits per heavy atom. The maximum Gasteiger partial charge on any atom is 0.295 e. The molecule has 1 N–H and O–H groups in total. The van der Waals surface area contributed by atoms with Gasteiger partial charge in [-0.2, -0.15) is 0 Å². The third-order valence-electron chi connectivity index (χ3n) is 5.21. The SMILES string of the molecule is COc1ccc(C(O)=C2C(=O)C(=O)N(Cc3cccnc3)C2c2cccc(F)c2)cc1Cl. The van der Waals surface area contributed by atoms with Crippen molar-refractivity contribution in [1.29, 1.82) is 0 Å². The summed E-state index contributed by atoms with van der Waals surface area (Å²) in [6.45, 7) is 0.0553. The molecule has 4 rings (SSSR count). The molecule has 1 unspecified atom stereocenters. The lowest BCUT2D eigenvalue weighted by atomic mass is 9.95. The minimum absolute atomic E-state index is 0.0553. The average molecular weight is 453 g/mol. The molecule has 1 aromatic heterocycles. The van der Waals surface area contributed by atoms with Crippen molar-refractivity contribution >= 4 is 29.1 Å². The summed E-state index contributed by atoms with van der Waals surface area (Å²) in [5.41, 5.74) is 1.12. The fraction of sp³-hybridized carbons (Fsp3) is 0.125. The molecule has 2 aromatic carbocycles. The van der Waals surface area contributed by atoms with Gasteiger partial charge >= 0.3 is 0 Å². The highest BCUT2D eigenvalue weighted by atomic mass is 35.5. The van der Waals surface area contributed by atoms with Gasteiger partial charge in [0, 0.05) is 24.5 Å². The van der Waals surface area contributed by atoms with Crippen molar-refractivity contribution < 1.29 is 23.8 Å². The molecule has 2 heterocycles. The largest absolute Gasteiger partial charge is 0.507 e. The fourth-order valence-corrected chi connectivity index (χ4v) is 3.98. The van der Waals surface area contributed by atoms with Gasteiger partial charge in [-0.25, -0.2) is 4.39 Å². The molecule has 0 spiro atoms.